The molecular weight excluding hydrogens is 345 g/mol. The van der Waals surface area contributed by atoms with Gasteiger partial charge in [0.15, 0.2) is 5.96 Å². The molecule has 6 heteroatoms. The van der Waals surface area contributed by atoms with E-state index in [4.69, 9.17) is 9.47 Å². The Balaban J connectivity index is 1.91. The molecule has 2 aromatic carbocycles. The molecule has 2 aromatic rings. The summed E-state index contributed by atoms with van der Waals surface area (Å²) in [5, 5.41) is 6.46. The van der Waals surface area contributed by atoms with Crippen LogP contribution in [-0.2, 0) is 17.8 Å². The number of nitrogens with one attached hydrogen (secondary N) is 2. The molecule has 0 saturated carbocycles. The molecule has 0 aromatic heterocycles. The molecule has 0 heterocycles. The normalized spacial score (nSPS) is 11.3. The summed E-state index contributed by atoms with van der Waals surface area (Å²) >= 11 is 0. The molecule has 2 N–H and O–H groups in total. The number of aliphatic imine (C=N–C) groups is 1. The highest BCUT2D eigenvalue weighted by atomic mass is 19.1. The zero-order valence-corrected chi connectivity index (χ0v) is 16.2. The van der Waals surface area contributed by atoms with Crippen LogP contribution in [0.4, 0.5) is 4.39 Å². The quantitative estimate of drug-likeness (QED) is 0.402. The summed E-state index contributed by atoms with van der Waals surface area (Å²) in [6.45, 7) is 4.39. The van der Waals surface area contributed by atoms with Gasteiger partial charge in [-0.15, -0.1) is 0 Å². The van der Waals surface area contributed by atoms with E-state index in [1.54, 1.807) is 20.2 Å². The first-order valence-corrected chi connectivity index (χ1v) is 9.02. The number of ether oxygens (including phenoxy) is 2. The van der Waals surface area contributed by atoms with Crippen LogP contribution in [0.3, 0.4) is 0 Å². The number of hydrogen-bond acceptors (Lipinski definition) is 3. The Morgan fingerprint density at radius 1 is 1.07 bits per heavy atom. The molecule has 0 fully saturated rings. The van der Waals surface area contributed by atoms with Crippen molar-refractivity contribution in [3.63, 3.8) is 0 Å². The SMILES string of the molecule is CN=C(NCc1cccc(F)c1)NCc1ccc(C)cc1OCCCOC. The maximum atomic E-state index is 13.3. The van der Waals surface area contributed by atoms with Crippen LogP contribution in [0.25, 0.3) is 0 Å². The van der Waals surface area contributed by atoms with E-state index in [1.165, 1.54) is 12.1 Å². The fourth-order valence-corrected chi connectivity index (χ4v) is 2.56. The maximum absolute atomic E-state index is 13.3. The predicted molar refractivity (Wildman–Crippen MR) is 107 cm³/mol. The average molecular weight is 373 g/mol. The first kappa shape index (κ1) is 20.7. The Kier molecular flexibility index (Phi) is 8.58. The van der Waals surface area contributed by atoms with E-state index in [-0.39, 0.29) is 5.82 Å². The first-order valence-electron chi connectivity index (χ1n) is 9.02. The number of halogens is 1. The number of guanidine groups is 1. The number of hydrogen-bond donors (Lipinski definition) is 2. The number of aryl methyl sites for hydroxylation is 1. The minimum atomic E-state index is -0.243. The zero-order chi connectivity index (χ0) is 19.5. The van der Waals surface area contributed by atoms with Crippen molar-refractivity contribution in [3.8, 4) is 5.75 Å². The average Bonchev–Trinajstić information content (AvgIpc) is 2.66. The molecule has 0 amide bonds. The molecule has 0 unspecified atom stereocenters. The second-order valence-electron chi connectivity index (χ2n) is 6.22. The van der Waals surface area contributed by atoms with Gasteiger partial charge in [-0.25, -0.2) is 4.39 Å². The van der Waals surface area contributed by atoms with Gasteiger partial charge in [-0.2, -0.15) is 0 Å². The Bertz CT molecular complexity index is 750. The van der Waals surface area contributed by atoms with Crippen LogP contribution in [0.2, 0.25) is 0 Å². The minimum Gasteiger partial charge on any atom is -0.493 e. The Labute approximate surface area is 160 Å². The van der Waals surface area contributed by atoms with Gasteiger partial charge in [0.05, 0.1) is 6.61 Å². The molecule has 0 spiro atoms. The summed E-state index contributed by atoms with van der Waals surface area (Å²) in [5.41, 5.74) is 3.05. The van der Waals surface area contributed by atoms with Crippen LogP contribution in [0, 0.1) is 12.7 Å². The third-order valence-electron chi connectivity index (χ3n) is 3.99. The van der Waals surface area contributed by atoms with E-state index >= 15 is 0 Å². The van der Waals surface area contributed by atoms with Crippen molar-refractivity contribution in [2.45, 2.75) is 26.4 Å². The summed E-state index contributed by atoms with van der Waals surface area (Å²) in [6, 6.07) is 12.6. The van der Waals surface area contributed by atoms with Crippen molar-refractivity contribution in [2.75, 3.05) is 27.4 Å². The molecule has 27 heavy (non-hydrogen) atoms. The summed E-state index contributed by atoms with van der Waals surface area (Å²) < 4.78 is 24.2. The minimum absolute atomic E-state index is 0.243. The van der Waals surface area contributed by atoms with E-state index < -0.39 is 0 Å². The largest absolute Gasteiger partial charge is 0.493 e. The zero-order valence-electron chi connectivity index (χ0n) is 16.2. The lowest BCUT2D eigenvalue weighted by Gasteiger charge is -2.15. The van der Waals surface area contributed by atoms with Crippen molar-refractivity contribution in [1.29, 1.82) is 0 Å². The highest BCUT2D eigenvalue weighted by Crippen LogP contribution is 2.20. The highest BCUT2D eigenvalue weighted by molar-refractivity contribution is 5.79. The van der Waals surface area contributed by atoms with Crippen LogP contribution in [0.15, 0.2) is 47.5 Å². The van der Waals surface area contributed by atoms with Gasteiger partial charge in [0.2, 0.25) is 0 Å². The number of nitrogens with zero attached hydrogens (tertiary/aromatic N) is 1. The van der Waals surface area contributed by atoms with E-state index in [1.807, 2.05) is 25.1 Å². The lowest BCUT2D eigenvalue weighted by molar-refractivity contribution is 0.171. The van der Waals surface area contributed by atoms with E-state index in [0.29, 0.717) is 32.3 Å². The maximum Gasteiger partial charge on any atom is 0.191 e. The van der Waals surface area contributed by atoms with E-state index in [9.17, 15) is 4.39 Å². The van der Waals surface area contributed by atoms with Crippen molar-refractivity contribution in [1.82, 2.24) is 10.6 Å². The van der Waals surface area contributed by atoms with Gasteiger partial charge in [-0.1, -0.05) is 24.3 Å². The fourth-order valence-electron chi connectivity index (χ4n) is 2.56. The molecule has 146 valence electrons. The van der Waals surface area contributed by atoms with Gasteiger partial charge in [-0.3, -0.25) is 4.99 Å². The highest BCUT2D eigenvalue weighted by Gasteiger charge is 2.06. The monoisotopic (exact) mass is 373 g/mol. The molecule has 0 aliphatic heterocycles. The second kappa shape index (κ2) is 11.2. The molecule has 0 aliphatic rings. The van der Waals surface area contributed by atoms with Gasteiger partial charge in [0.1, 0.15) is 11.6 Å². The molecular formula is C21H28FN3O2. The van der Waals surface area contributed by atoms with Crippen molar-refractivity contribution >= 4 is 5.96 Å². The van der Waals surface area contributed by atoms with Gasteiger partial charge < -0.3 is 20.1 Å². The molecule has 5 nitrogen and oxygen atoms in total. The summed E-state index contributed by atoms with van der Waals surface area (Å²) in [5.74, 6) is 1.26. The van der Waals surface area contributed by atoms with E-state index in [0.717, 1.165) is 28.9 Å². The van der Waals surface area contributed by atoms with Crippen molar-refractivity contribution in [2.24, 2.45) is 4.99 Å². The predicted octanol–water partition coefficient (Wildman–Crippen LogP) is 3.41. The molecule has 0 atom stereocenters. The molecule has 0 aliphatic carbocycles. The van der Waals surface area contributed by atoms with Gasteiger partial charge >= 0.3 is 0 Å². The Morgan fingerprint density at radius 3 is 2.63 bits per heavy atom. The second-order valence-corrected chi connectivity index (χ2v) is 6.22. The van der Waals surface area contributed by atoms with Gasteiger partial charge in [0, 0.05) is 45.8 Å². The molecule has 0 bridgehead atoms. The molecule has 0 saturated heterocycles. The smallest absolute Gasteiger partial charge is 0.191 e. The van der Waals surface area contributed by atoms with Crippen molar-refractivity contribution < 1.29 is 13.9 Å². The number of methoxy groups -OCH3 is 1. The molecule has 0 radical (unpaired) electrons. The first-order chi connectivity index (χ1) is 13.1. The Morgan fingerprint density at radius 2 is 1.89 bits per heavy atom. The molecule has 2 rings (SSSR count). The van der Waals surface area contributed by atoms with Crippen LogP contribution >= 0.6 is 0 Å². The van der Waals surface area contributed by atoms with Crippen LogP contribution < -0.4 is 15.4 Å². The third-order valence-corrected chi connectivity index (χ3v) is 3.99. The lowest BCUT2D eigenvalue weighted by atomic mass is 10.1. The van der Waals surface area contributed by atoms with Gasteiger partial charge in [0.25, 0.3) is 0 Å². The number of benzene rings is 2. The van der Waals surface area contributed by atoms with Crippen LogP contribution in [0.5, 0.6) is 5.75 Å². The topological polar surface area (TPSA) is 54.9 Å². The van der Waals surface area contributed by atoms with Crippen molar-refractivity contribution in [3.05, 3.63) is 65.0 Å². The third kappa shape index (κ3) is 7.27. The van der Waals surface area contributed by atoms with Crippen LogP contribution in [0.1, 0.15) is 23.1 Å². The van der Waals surface area contributed by atoms with Crippen LogP contribution in [-0.4, -0.2) is 33.3 Å². The summed E-state index contributed by atoms with van der Waals surface area (Å²) in [7, 11) is 3.39. The van der Waals surface area contributed by atoms with E-state index in [2.05, 4.69) is 21.7 Å². The summed E-state index contributed by atoms with van der Waals surface area (Å²) in [6.07, 6.45) is 0.841. The number of rotatable bonds is 9. The lowest BCUT2D eigenvalue weighted by Crippen LogP contribution is -2.36. The fraction of sp³-hybridized carbons (Fsp3) is 0.381. The summed E-state index contributed by atoms with van der Waals surface area (Å²) in [4.78, 5) is 4.22. The van der Waals surface area contributed by atoms with Gasteiger partial charge in [-0.05, 0) is 36.2 Å². The standard InChI is InChI=1S/C21H28FN3O2/c1-16-8-9-18(20(12-16)27-11-5-10-26-3)15-25-21(23-2)24-14-17-6-4-7-19(22)13-17/h4,6-9,12-13H,5,10-11,14-15H2,1-3H3,(H2,23,24,25). The Hall–Kier alpha value is -2.60.